The Labute approximate surface area is 195 Å². The fourth-order valence-electron chi connectivity index (χ4n) is 5.21. The third-order valence-electron chi connectivity index (χ3n) is 6.97. The topological polar surface area (TPSA) is 68.9 Å². The Kier molecular flexibility index (Phi) is 6.46. The minimum Gasteiger partial charge on any atom is -0.368 e. The number of hydrogen-bond acceptors (Lipinski definition) is 6. The minimum absolute atomic E-state index is 0.609. The predicted molar refractivity (Wildman–Crippen MR) is 131 cm³/mol. The Morgan fingerprint density at radius 1 is 1.06 bits per heavy atom. The van der Waals surface area contributed by atoms with Gasteiger partial charge in [0.1, 0.15) is 12.5 Å². The van der Waals surface area contributed by atoms with Crippen molar-refractivity contribution in [3.63, 3.8) is 0 Å². The molecule has 0 radical (unpaired) electrons. The first-order valence-corrected chi connectivity index (χ1v) is 11.9. The minimum atomic E-state index is 0.609. The van der Waals surface area contributed by atoms with Crippen molar-refractivity contribution in [1.29, 1.82) is 0 Å². The lowest BCUT2D eigenvalue weighted by molar-refractivity contribution is 0.107. The van der Waals surface area contributed by atoms with Crippen LogP contribution in [-0.4, -0.2) is 54.5 Å². The molecule has 0 aromatic heterocycles. The molecule has 32 heavy (non-hydrogen) atoms. The summed E-state index contributed by atoms with van der Waals surface area (Å²) in [6.07, 6.45) is 3.42. The average molecular weight is 451 g/mol. The summed E-state index contributed by atoms with van der Waals surface area (Å²) in [6, 6.07) is 17.5. The highest BCUT2D eigenvalue weighted by Gasteiger charge is 2.30. The number of amidine groups is 1. The van der Waals surface area contributed by atoms with Crippen LogP contribution in [0.2, 0.25) is 5.02 Å². The van der Waals surface area contributed by atoms with Gasteiger partial charge in [-0.15, -0.1) is 0 Å². The zero-order valence-corrected chi connectivity index (χ0v) is 19.1. The highest BCUT2D eigenvalue weighted by Crippen LogP contribution is 2.29. The van der Waals surface area contributed by atoms with Gasteiger partial charge in [-0.05, 0) is 61.2 Å². The van der Waals surface area contributed by atoms with Gasteiger partial charge in [0.25, 0.3) is 0 Å². The van der Waals surface area contributed by atoms with Gasteiger partial charge in [0, 0.05) is 42.0 Å². The number of hydrogen-bond donors (Lipinski definition) is 3. The van der Waals surface area contributed by atoms with Crippen LogP contribution < -0.4 is 16.6 Å². The molecule has 0 unspecified atom stereocenters. The normalized spacial score (nSPS) is 20.5. The van der Waals surface area contributed by atoms with Gasteiger partial charge >= 0.3 is 0 Å². The molecule has 0 saturated carbocycles. The molecule has 3 aliphatic heterocycles. The van der Waals surface area contributed by atoms with E-state index in [4.69, 9.17) is 17.4 Å². The fraction of sp³-hybridized carbons (Fsp3) is 0.400. The second kappa shape index (κ2) is 9.63. The Balaban J connectivity index is 1.20. The molecule has 2 aromatic carbocycles. The summed E-state index contributed by atoms with van der Waals surface area (Å²) >= 11 is 6.09. The molecule has 3 aliphatic rings. The Morgan fingerprint density at radius 3 is 2.62 bits per heavy atom. The summed E-state index contributed by atoms with van der Waals surface area (Å²) in [5.41, 5.74) is 9.23. The van der Waals surface area contributed by atoms with E-state index in [1.165, 1.54) is 40.8 Å². The number of halogens is 1. The van der Waals surface area contributed by atoms with Crippen molar-refractivity contribution in [2.75, 3.05) is 32.8 Å². The van der Waals surface area contributed by atoms with Crippen molar-refractivity contribution in [1.82, 2.24) is 20.5 Å². The van der Waals surface area contributed by atoms with E-state index in [0.717, 1.165) is 50.0 Å². The molecule has 0 bridgehead atoms. The maximum absolute atomic E-state index is 6.09. The second-order valence-electron chi connectivity index (χ2n) is 8.83. The first kappa shape index (κ1) is 21.5. The number of nitrogens with two attached hydrogens (primary N) is 1. The number of piperidine rings is 1. The van der Waals surface area contributed by atoms with E-state index in [2.05, 4.69) is 61.9 Å². The number of rotatable bonds is 4. The molecule has 1 fully saturated rings. The van der Waals surface area contributed by atoms with Crippen molar-refractivity contribution in [2.24, 2.45) is 10.8 Å². The van der Waals surface area contributed by atoms with Crippen molar-refractivity contribution < 1.29 is 0 Å². The van der Waals surface area contributed by atoms with Gasteiger partial charge < -0.3 is 10.7 Å². The Bertz CT molecular complexity index is 1010. The van der Waals surface area contributed by atoms with Gasteiger partial charge in [-0.3, -0.25) is 9.80 Å². The smallest absolute Gasteiger partial charge is 0.142 e. The third-order valence-corrected chi connectivity index (χ3v) is 7.22. The van der Waals surface area contributed by atoms with E-state index >= 15 is 0 Å². The number of benzene rings is 2. The van der Waals surface area contributed by atoms with Crippen LogP contribution in [0.25, 0.3) is 11.1 Å². The van der Waals surface area contributed by atoms with Gasteiger partial charge in [0.05, 0.1) is 0 Å². The lowest BCUT2D eigenvalue weighted by Gasteiger charge is -2.42. The van der Waals surface area contributed by atoms with Gasteiger partial charge in [-0.25, -0.2) is 10.8 Å². The first-order chi connectivity index (χ1) is 15.7. The summed E-state index contributed by atoms with van der Waals surface area (Å²) in [4.78, 5) is 9.67. The van der Waals surface area contributed by atoms with Crippen LogP contribution in [0.5, 0.6) is 0 Å². The SMILES string of the molecule is NNC1=NCNC2=C1CCN(C1CCN(Cc3ccccc3-c3ccc(Cl)cc3)CC1)C2. The number of nitrogens with one attached hydrogen (secondary N) is 2. The Morgan fingerprint density at radius 2 is 1.84 bits per heavy atom. The lowest BCUT2D eigenvalue weighted by atomic mass is 9.96. The van der Waals surface area contributed by atoms with Crippen LogP contribution in [0.3, 0.4) is 0 Å². The van der Waals surface area contributed by atoms with Crippen molar-refractivity contribution in [2.45, 2.75) is 31.8 Å². The monoisotopic (exact) mass is 450 g/mol. The molecule has 0 amide bonds. The first-order valence-electron chi connectivity index (χ1n) is 11.5. The van der Waals surface area contributed by atoms with Gasteiger partial charge in [-0.1, -0.05) is 48.0 Å². The van der Waals surface area contributed by atoms with Crippen LogP contribution in [0.15, 0.2) is 64.8 Å². The van der Waals surface area contributed by atoms with E-state index in [9.17, 15) is 0 Å². The zero-order chi connectivity index (χ0) is 21.9. The van der Waals surface area contributed by atoms with Gasteiger partial charge in [0.2, 0.25) is 0 Å². The van der Waals surface area contributed by atoms with E-state index < -0.39 is 0 Å². The lowest BCUT2D eigenvalue weighted by Crippen LogP contribution is -2.50. The van der Waals surface area contributed by atoms with Crippen molar-refractivity contribution in [3.05, 3.63) is 70.4 Å². The molecule has 3 heterocycles. The second-order valence-corrected chi connectivity index (χ2v) is 9.27. The summed E-state index contributed by atoms with van der Waals surface area (Å²) in [6.45, 7) is 5.91. The van der Waals surface area contributed by atoms with Crippen molar-refractivity contribution in [3.8, 4) is 11.1 Å². The van der Waals surface area contributed by atoms with E-state index in [0.29, 0.717) is 12.7 Å². The van der Waals surface area contributed by atoms with Gasteiger partial charge in [0.15, 0.2) is 0 Å². The highest BCUT2D eigenvalue weighted by molar-refractivity contribution is 6.30. The summed E-state index contributed by atoms with van der Waals surface area (Å²) in [7, 11) is 0. The molecule has 5 rings (SSSR count). The average Bonchev–Trinajstić information content (AvgIpc) is 2.85. The molecule has 6 nitrogen and oxygen atoms in total. The molecular formula is C25H31ClN6. The van der Waals surface area contributed by atoms with E-state index in [-0.39, 0.29) is 0 Å². The molecule has 0 aliphatic carbocycles. The molecular weight excluding hydrogens is 420 g/mol. The van der Waals surface area contributed by atoms with E-state index in [1.54, 1.807) is 0 Å². The van der Waals surface area contributed by atoms with Crippen LogP contribution in [0, 0.1) is 0 Å². The summed E-state index contributed by atoms with van der Waals surface area (Å²) in [5, 5.41) is 4.24. The molecule has 1 saturated heterocycles. The number of nitrogens with zero attached hydrogens (tertiary/aromatic N) is 3. The number of hydrazine groups is 1. The standard InChI is InChI=1S/C25H31ClN6/c26-20-7-5-18(6-8-20)22-4-2-1-3-19(22)15-31-12-9-21(10-13-31)32-14-11-23-24(16-32)28-17-29-25(23)30-27/h1-8,21,28H,9-17,27H2,(H,29,30). The maximum Gasteiger partial charge on any atom is 0.142 e. The summed E-state index contributed by atoms with van der Waals surface area (Å²) < 4.78 is 0. The fourth-order valence-corrected chi connectivity index (χ4v) is 5.34. The van der Waals surface area contributed by atoms with Crippen molar-refractivity contribution >= 4 is 17.4 Å². The Hall–Kier alpha value is -2.38. The summed E-state index contributed by atoms with van der Waals surface area (Å²) in [5.74, 6) is 6.51. The van der Waals surface area contributed by atoms with Crippen LogP contribution in [0.4, 0.5) is 0 Å². The van der Waals surface area contributed by atoms with Crippen LogP contribution >= 0.6 is 11.6 Å². The molecule has 0 atom stereocenters. The highest BCUT2D eigenvalue weighted by atomic mass is 35.5. The molecule has 0 spiro atoms. The van der Waals surface area contributed by atoms with Crippen LogP contribution in [0.1, 0.15) is 24.8 Å². The number of aliphatic imine (C=N–C) groups is 1. The van der Waals surface area contributed by atoms with Gasteiger partial charge in [-0.2, -0.15) is 0 Å². The molecule has 2 aromatic rings. The molecule has 168 valence electrons. The number of likely N-dealkylation sites (tertiary alicyclic amines) is 1. The molecule has 4 N–H and O–H groups in total. The van der Waals surface area contributed by atoms with Crippen LogP contribution in [-0.2, 0) is 6.54 Å². The zero-order valence-electron chi connectivity index (χ0n) is 18.4. The predicted octanol–water partition coefficient (Wildman–Crippen LogP) is 3.35. The largest absolute Gasteiger partial charge is 0.368 e. The molecule has 7 heteroatoms. The third kappa shape index (κ3) is 4.55. The quantitative estimate of drug-likeness (QED) is 0.492. The van der Waals surface area contributed by atoms with E-state index in [1.807, 2.05) is 12.1 Å². The maximum atomic E-state index is 6.09.